The third kappa shape index (κ3) is 5.96. The molecule has 0 radical (unpaired) electrons. The zero-order valence-electron chi connectivity index (χ0n) is 21.2. The van der Waals surface area contributed by atoms with E-state index in [1.807, 2.05) is 11.8 Å². The molecule has 1 aromatic carbocycles. The molecule has 5 N–H and O–H groups in total. The van der Waals surface area contributed by atoms with E-state index < -0.39 is 18.0 Å². The molecule has 0 aromatic heterocycles. The van der Waals surface area contributed by atoms with E-state index >= 15 is 0 Å². The van der Waals surface area contributed by atoms with Gasteiger partial charge in [-0.3, -0.25) is 4.79 Å². The molecule has 2 aliphatic rings. The topological polar surface area (TPSA) is 106 Å². The van der Waals surface area contributed by atoms with Crippen molar-refractivity contribution in [3.63, 3.8) is 0 Å². The molecule has 7 nitrogen and oxygen atoms in total. The molecule has 3 rings (SSSR count). The van der Waals surface area contributed by atoms with Crippen LogP contribution in [0.15, 0.2) is 41.3 Å². The fraction of sp³-hybridized carbons (Fsp3) is 0.538. The monoisotopic (exact) mass is 507 g/mol. The van der Waals surface area contributed by atoms with E-state index in [1.54, 1.807) is 30.6 Å². The van der Waals surface area contributed by atoms with Crippen molar-refractivity contribution in [3.05, 3.63) is 47.4 Å². The average molecular weight is 508 g/mol. The lowest BCUT2D eigenvalue weighted by molar-refractivity contribution is -0.172. The van der Waals surface area contributed by atoms with Crippen molar-refractivity contribution in [2.24, 2.45) is 34.2 Å². The summed E-state index contributed by atoms with van der Waals surface area (Å²) in [4.78, 5) is 18.0. The number of primary amides is 1. The van der Waals surface area contributed by atoms with Crippen LogP contribution >= 0.6 is 0 Å². The van der Waals surface area contributed by atoms with Gasteiger partial charge in [0.1, 0.15) is 23.4 Å². The Bertz CT molecular complexity index is 1050. The van der Waals surface area contributed by atoms with E-state index in [-0.39, 0.29) is 24.3 Å². The number of benzene rings is 1. The highest BCUT2D eigenvalue weighted by Gasteiger charge is 2.41. The Hall–Kier alpha value is -3.17. The molecule has 198 valence electrons. The van der Waals surface area contributed by atoms with E-state index in [4.69, 9.17) is 16.2 Å². The zero-order chi connectivity index (χ0) is 26.6. The molecule has 0 saturated carbocycles. The number of alkyl halides is 3. The van der Waals surface area contributed by atoms with Crippen LogP contribution in [0.5, 0.6) is 5.75 Å². The van der Waals surface area contributed by atoms with E-state index in [0.29, 0.717) is 47.2 Å². The summed E-state index contributed by atoms with van der Waals surface area (Å²) in [5.74, 6) is -0.981. The molecule has 0 fully saturated rings. The summed E-state index contributed by atoms with van der Waals surface area (Å²) in [6, 6.07) is 4.93. The van der Waals surface area contributed by atoms with Crippen molar-refractivity contribution in [2.45, 2.75) is 65.7 Å². The Labute approximate surface area is 210 Å². The number of ether oxygens (including phenoxy) is 1. The Balaban J connectivity index is 2.01. The molecule has 2 aliphatic heterocycles. The number of amides is 1. The van der Waals surface area contributed by atoms with Gasteiger partial charge in [-0.1, -0.05) is 27.2 Å². The molecule has 4 unspecified atom stereocenters. The van der Waals surface area contributed by atoms with Crippen LogP contribution in [0.2, 0.25) is 0 Å². The number of fused-ring (bicyclic) bond motifs is 1. The van der Waals surface area contributed by atoms with Gasteiger partial charge < -0.3 is 26.4 Å². The molecule has 1 amide bonds. The number of carbonyl (C=O) groups excluding carboxylic acids is 1. The van der Waals surface area contributed by atoms with Crippen LogP contribution < -0.4 is 21.5 Å². The molecular weight excluding hydrogens is 471 g/mol. The van der Waals surface area contributed by atoms with Gasteiger partial charge in [0.25, 0.3) is 0 Å². The maximum absolute atomic E-state index is 13.3. The number of rotatable bonds is 11. The standard InChI is InChI=1S/C26H36F3N5O2/c1-5-15(3)13-18(8-7-16(4)26(27,28)29)25-33-21(22-23(30)32-11-12-34(22)25)19-10-9-17(24(31)35)14-20(19)36-6-2/h9-12,14-16,18,25,33H,5-8,13H2,1-4H3,(H2,30,32)(H2,31,35). The number of carbonyl (C=O) groups is 1. The van der Waals surface area contributed by atoms with Gasteiger partial charge in [-0.2, -0.15) is 13.2 Å². The average Bonchev–Trinajstić information content (AvgIpc) is 3.21. The predicted octanol–water partition coefficient (Wildman–Crippen LogP) is 4.96. The van der Waals surface area contributed by atoms with Gasteiger partial charge in [-0.25, -0.2) is 4.99 Å². The largest absolute Gasteiger partial charge is 0.493 e. The number of aliphatic imine (C=N–C) groups is 1. The Morgan fingerprint density at radius 1 is 1.25 bits per heavy atom. The van der Waals surface area contributed by atoms with Crippen LogP contribution in [0, 0.1) is 17.8 Å². The lowest BCUT2D eigenvalue weighted by Crippen LogP contribution is -2.43. The number of halogens is 3. The fourth-order valence-corrected chi connectivity index (χ4v) is 4.65. The normalized spacial score (nSPS) is 19.9. The number of nitrogens with two attached hydrogens (primary N) is 2. The van der Waals surface area contributed by atoms with Gasteiger partial charge >= 0.3 is 6.18 Å². The highest BCUT2D eigenvalue weighted by molar-refractivity contribution is 6.05. The fourth-order valence-electron chi connectivity index (χ4n) is 4.65. The molecule has 36 heavy (non-hydrogen) atoms. The maximum atomic E-state index is 13.3. The van der Waals surface area contributed by atoms with E-state index in [9.17, 15) is 18.0 Å². The van der Waals surface area contributed by atoms with Crippen molar-refractivity contribution in [3.8, 4) is 5.75 Å². The van der Waals surface area contributed by atoms with Gasteiger partial charge in [0.2, 0.25) is 5.91 Å². The molecule has 10 heteroatoms. The lowest BCUT2D eigenvalue weighted by Gasteiger charge is -2.35. The number of nitrogens with one attached hydrogen (secondary N) is 1. The van der Waals surface area contributed by atoms with Gasteiger partial charge in [0, 0.05) is 23.5 Å². The second-order valence-electron chi connectivity index (χ2n) is 9.57. The first-order valence-electron chi connectivity index (χ1n) is 12.4. The number of hydrogen-bond donors (Lipinski definition) is 3. The number of amidine groups is 1. The third-order valence-corrected chi connectivity index (χ3v) is 6.98. The maximum Gasteiger partial charge on any atom is 0.391 e. The Morgan fingerprint density at radius 3 is 2.58 bits per heavy atom. The van der Waals surface area contributed by atoms with Gasteiger partial charge in [-0.05, 0) is 56.2 Å². The first-order chi connectivity index (χ1) is 17.0. The summed E-state index contributed by atoms with van der Waals surface area (Å²) < 4.78 is 45.7. The van der Waals surface area contributed by atoms with E-state index in [1.165, 1.54) is 6.92 Å². The number of hydrogen-bond acceptors (Lipinski definition) is 6. The minimum Gasteiger partial charge on any atom is -0.493 e. The third-order valence-electron chi connectivity index (χ3n) is 6.98. The summed E-state index contributed by atoms with van der Waals surface area (Å²) in [6.45, 7) is 7.62. The quantitative estimate of drug-likeness (QED) is 0.393. The summed E-state index contributed by atoms with van der Waals surface area (Å²) in [5, 5.41) is 3.54. The molecular formula is C26H36F3N5O2. The van der Waals surface area contributed by atoms with E-state index in [0.717, 1.165) is 12.8 Å². The first-order valence-corrected chi connectivity index (χ1v) is 12.4. The minimum absolute atomic E-state index is 0.0338. The molecule has 0 bridgehead atoms. The minimum atomic E-state index is -4.23. The van der Waals surface area contributed by atoms with Crippen molar-refractivity contribution in [1.29, 1.82) is 0 Å². The Kier molecular flexibility index (Phi) is 8.58. The highest BCUT2D eigenvalue weighted by Crippen LogP contribution is 2.40. The summed E-state index contributed by atoms with van der Waals surface area (Å²) >= 11 is 0. The second kappa shape index (κ2) is 11.3. The molecule has 2 heterocycles. The van der Waals surface area contributed by atoms with Crippen LogP contribution in [0.3, 0.4) is 0 Å². The summed E-state index contributed by atoms with van der Waals surface area (Å²) in [6.07, 6.45) is 0.943. The smallest absolute Gasteiger partial charge is 0.391 e. The molecule has 0 spiro atoms. The van der Waals surface area contributed by atoms with Gasteiger partial charge in [0.15, 0.2) is 0 Å². The van der Waals surface area contributed by atoms with Crippen LogP contribution in [0.1, 0.15) is 69.3 Å². The van der Waals surface area contributed by atoms with Gasteiger partial charge in [-0.15, -0.1) is 0 Å². The molecule has 0 saturated heterocycles. The Morgan fingerprint density at radius 2 is 1.97 bits per heavy atom. The SMILES string of the molecule is CCOc1cc(C(N)=O)ccc1C1=C2C(N)=NC=CN2C(C(CCC(C)C(F)(F)F)CC(C)CC)N1. The van der Waals surface area contributed by atoms with Crippen LogP contribution in [-0.2, 0) is 0 Å². The molecule has 1 aromatic rings. The molecule has 0 aliphatic carbocycles. The second-order valence-corrected chi connectivity index (χ2v) is 9.57. The molecule has 4 atom stereocenters. The van der Waals surface area contributed by atoms with Crippen LogP contribution in [0.4, 0.5) is 13.2 Å². The highest BCUT2D eigenvalue weighted by atomic mass is 19.4. The van der Waals surface area contributed by atoms with Gasteiger partial charge in [0.05, 0.1) is 18.2 Å². The van der Waals surface area contributed by atoms with Crippen molar-refractivity contribution >= 4 is 17.4 Å². The summed E-state index contributed by atoms with van der Waals surface area (Å²) in [5.41, 5.74) is 14.0. The van der Waals surface area contributed by atoms with Crippen LogP contribution in [-0.4, -0.2) is 35.6 Å². The van der Waals surface area contributed by atoms with Crippen LogP contribution in [0.25, 0.3) is 5.70 Å². The van der Waals surface area contributed by atoms with Crippen molar-refractivity contribution < 1.29 is 22.7 Å². The zero-order valence-corrected chi connectivity index (χ0v) is 21.2. The number of nitrogens with zero attached hydrogens (tertiary/aromatic N) is 2. The first kappa shape index (κ1) is 27.4. The van der Waals surface area contributed by atoms with Crippen molar-refractivity contribution in [2.75, 3.05) is 6.61 Å². The van der Waals surface area contributed by atoms with E-state index in [2.05, 4.69) is 24.2 Å². The summed E-state index contributed by atoms with van der Waals surface area (Å²) in [7, 11) is 0. The predicted molar refractivity (Wildman–Crippen MR) is 135 cm³/mol. The lowest BCUT2D eigenvalue weighted by atomic mass is 9.85. The van der Waals surface area contributed by atoms with Crippen molar-refractivity contribution in [1.82, 2.24) is 10.2 Å².